The van der Waals surface area contributed by atoms with Crippen LogP contribution < -0.4 is 10.6 Å². The van der Waals surface area contributed by atoms with Gasteiger partial charge < -0.3 is 10.6 Å². The Hall–Kier alpha value is -1.34. The number of hydrogen-bond acceptors (Lipinski definition) is 2. The minimum absolute atomic E-state index is 0. The van der Waals surface area contributed by atoms with Crippen molar-refractivity contribution < 1.29 is 0 Å². The second-order valence-corrected chi connectivity index (χ2v) is 5.34. The first kappa shape index (κ1) is 19.7. The van der Waals surface area contributed by atoms with Gasteiger partial charge >= 0.3 is 0 Å². The number of pyridine rings is 1. The zero-order valence-corrected chi connectivity index (χ0v) is 16.2. The summed E-state index contributed by atoms with van der Waals surface area (Å²) in [4.78, 5) is 8.48. The predicted octanol–water partition coefficient (Wildman–Crippen LogP) is 3.65. The van der Waals surface area contributed by atoms with Crippen LogP contribution in [0.15, 0.2) is 53.7 Å². The lowest BCUT2D eigenvalue weighted by molar-refractivity contribution is 0.738. The van der Waals surface area contributed by atoms with Crippen molar-refractivity contribution in [3.8, 4) is 0 Å². The van der Waals surface area contributed by atoms with Crippen molar-refractivity contribution in [2.45, 2.75) is 19.4 Å². The largest absolute Gasteiger partial charge is 0.356 e. The Balaban J connectivity index is 0.00000264. The fourth-order valence-electron chi connectivity index (χ4n) is 2.05. The number of nitrogens with zero attached hydrogens (tertiary/aromatic N) is 2. The van der Waals surface area contributed by atoms with E-state index in [4.69, 9.17) is 11.6 Å². The van der Waals surface area contributed by atoms with Gasteiger partial charge in [-0.15, -0.1) is 24.0 Å². The lowest BCUT2D eigenvalue weighted by Crippen LogP contribution is -2.37. The number of aliphatic imine (C=N–C) groups is 1. The molecule has 1 heterocycles. The summed E-state index contributed by atoms with van der Waals surface area (Å²) < 4.78 is 0. The van der Waals surface area contributed by atoms with E-state index in [1.807, 2.05) is 30.3 Å². The van der Waals surface area contributed by atoms with E-state index < -0.39 is 0 Å². The Kier molecular flexibility index (Phi) is 9.63. The third-order valence-electron chi connectivity index (χ3n) is 3.23. The molecule has 1 aromatic heterocycles. The van der Waals surface area contributed by atoms with Crippen LogP contribution in [0.1, 0.15) is 17.7 Å². The van der Waals surface area contributed by atoms with E-state index in [0.717, 1.165) is 36.1 Å². The summed E-state index contributed by atoms with van der Waals surface area (Å²) in [5, 5.41) is 7.34. The van der Waals surface area contributed by atoms with Crippen molar-refractivity contribution in [2.75, 3.05) is 13.6 Å². The number of halogens is 2. The van der Waals surface area contributed by atoms with Gasteiger partial charge in [0, 0.05) is 24.8 Å². The molecular weight excluding hydrogens is 423 g/mol. The van der Waals surface area contributed by atoms with Crippen molar-refractivity contribution >= 4 is 41.5 Å². The highest BCUT2D eigenvalue weighted by atomic mass is 127. The molecule has 0 bridgehead atoms. The number of nitrogens with one attached hydrogen (secondary N) is 2. The van der Waals surface area contributed by atoms with Crippen LogP contribution in [0, 0.1) is 0 Å². The van der Waals surface area contributed by atoms with Gasteiger partial charge in [-0.2, -0.15) is 0 Å². The molecule has 0 fully saturated rings. The Morgan fingerprint density at radius 1 is 1.13 bits per heavy atom. The first-order chi connectivity index (χ1) is 10.8. The number of aryl methyl sites for hydroxylation is 1. The molecule has 0 radical (unpaired) electrons. The highest BCUT2D eigenvalue weighted by Gasteiger charge is 1.99. The molecule has 0 aliphatic rings. The van der Waals surface area contributed by atoms with Crippen LogP contribution in [0.5, 0.6) is 0 Å². The van der Waals surface area contributed by atoms with Crippen LogP contribution >= 0.6 is 35.6 Å². The number of benzene rings is 1. The first-order valence-electron chi connectivity index (χ1n) is 7.37. The number of hydrogen-bond donors (Lipinski definition) is 2. The van der Waals surface area contributed by atoms with Gasteiger partial charge in [0.15, 0.2) is 5.96 Å². The summed E-state index contributed by atoms with van der Waals surface area (Å²) in [6, 6.07) is 13.9. The van der Waals surface area contributed by atoms with E-state index in [1.165, 1.54) is 5.56 Å². The van der Waals surface area contributed by atoms with Crippen molar-refractivity contribution in [3.05, 3.63) is 64.9 Å². The fourth-order valence-corrected chi connectivity index (χ4v) is 2.17. The Morgan fingerprint density at radius 2 is 1.91 bits per heavy atom. The van der Waals surface area contributed by atoms with Gasteiger partial charge in [0.25, 0.3) is 0 Å². The minimum Gasteiger partial charge on any atom is -0.356 e. The molecular formula is C17H22ClIN4. The second kappa shape index (κ2) is 11.2. The van der Waals surface area contributed by atoms with Crippen LogP contribution in [0.3, 0.4) is 0 Å². The minimum atomic E-state index is 0. The van der Waals surface area contributed by atoms with Gasteiger partial charge in [-0.1, -0.05) is 29.8 Å². The van der Waals surface area contributed by atoms with Crippen LogP contribution in [0.25, 0.3) is 0 Å². The summed E-state index contributed by atoms with van der Waals surface area (Å²) >= 11 is 5.88. The molecule has 0 unspecified atom stereocenters. The first-order valence-corrected chi connectivity index (χ1v) is 7.74. The molecule has 0 aliphatic heterocycles. The SMILES string of the molecule is CN=C(NCCCc1ccc(Cl)cc1)NCc1ccccn1.I. The number of rotatable bonds is 6. The maximum Gasteiger partial charge on any atom is 0.191 e. The molecule has 23 heavy (non-hydrogen) atoms. The third-order valence-corrected chi connectivity index (χ3v) is 3.49. The standard InChI is InChI=1S/C17H21ClN4.HI/c1-19-17(22-13-16-6-2-3-11-20-16)21-12-4-5-14-7-9-15(18)10-8-14;/h2-3,6-11H,4-5,12-13H2,1H3,(H2,19,21,22);1H. The summed E-state index contributed by atoms with van der Waals surface area (Å²) in [6.07, 6.45) is 3.84. The lowest BCUT2D eigenvalue weighted by atomic mass is 10.1. The van der Waals surface area contributed by atoms with E-state index >= 15 is 0 Å². The molecule has 2 aromatic rings. The molecule has 0 saturated heterocycles. The highest BCUT2D eigenvalue weighted by Crippen LogP contribution is 2.10. The van der Waals surface area contributed by atoms with Gasteiger partial charge in [-0.3, -0.25) is 9.98 Å². The van der Waals surface area contributed by atoms with Crippen LogP contribution in [-0.4, -0.2) is 24.5 Å². The molecule has 0 saturated carbocycles. The lowest BCUT2D eigenvalue weighted by Gasteiger charge is -2.11. The normalized spacial score (nSPS) is 10.8. The smallest absolute Gasteiger partial charge is 0.191 e. The fraction of sp³-hybridized carbons (Fsp3) is 0.294. The molecule has 124 valence electrons. The van der Waals surface area contributed by atoms with Crippen LogP contribution in [0.2, 0.25) is 5.02 Å². The zero-order valence-electron chi connectivity index (χ0n) is 13.1. The van der Waals surface area contributed by atoms with Gasteiger partial charge in [-0.05, 0) is 42.7 Å². The molecule has 0 aliphatic carbocycles. The van der Waals surface area contributed by atoms with Crippen molar-refractivity contribution in [2.24, 2.45) is 4.99 Å². The molecule has 4 nitrogen and oxygen atoms in total. The molecule has 0 amide bonds. The Labute approximate surface area is 159 Å². The maximum atomic E-state index is 5.88. The number of aromatic nitrogens is 1. The Morgan fingerprint density at radius 3 is 2.57 bits per heavy atom. The van der Waals surface area contributed by atoms with E-state index in [-0.39, 0.29) is 24.0 Å². The van der Waals surface area contributed by atoms with E-state index in [0.29, 0.717) is 6.54 Å². The van der Waals surface area contributed by atoms with E-state index in [1.54, 1.807) is 13.2 Å². The molecule has 2 rings (SSSR count). The maximum absolute atomic E-state index is 5.88. The molecule has 1 aromatic carbocycles. The summed E-state index contributed by atoms with van der Waals surface area (Å²) in [7, 11) is 1.77. The van der Waals surface area contributed by atoms with Crippen LogP contribution in [0.4, 0.5) is 0 Å². The third kappa shape index (κ3) is 7.65. The van der Waals surface area contributed by atoms with Gasteiger partial charge in [0.1, 0.15) is 0 Å². The van der Waals surface area contributed by atoms with Crippen molar-refractivity contribution in [1.82, 2.24) is 15.6 Å². The van der Waals surface area contributed by atoms with Gasteiger partial charge in [0.05, 0.1) is 12.2 Å². The molecule has 6 heteroatoms. The summed E-state index contributed by atoms with van der Waals surface area (Å²) in [5.41, 5.74) is 2.29. The van der Waals surface area contributed by atoms with Crippen LogP contribution in [-0.2, 0) is 13.0 Å². The average Bonchev–Trinajstić information content (AvgIpc) is 2.57. The van der Waals surface area contributed by atoms with E-state index in [2.05, 4.69) is 32.7 Å². The summed E-state index contributed by atoms with van der Waals surface area (Å²) in [5.74, 6) is 0.793. The van der Waals surface area contributed by atoms with Crippen molar-refractivity contribution in [1.29, 1.82) is 0 Å². The Bertz CT molecular complexity index is 587. The van der Waals surface area contributed by atoms with E-state index in [9.17, 15) is 0 Å². The molecule has 0 atom stereocenters. The van der Waals surface area contributed by atoms with Gasteiger partial charge in [-0.25, -0.2) is 0 Å². The molecule has 2 N–H and O–H groups in total. The monoisotopic (exact) mass is 444 g/mol. The quantitative estimate of drug-likeness (QED) is 0.309. The average molecular weight is 445 g/mol. The highest BCUT2D eigenvalue weighted by molar-refractivity contribution is 14.0. The second-order valence-electron chi connectivity index (χ2n) is 4.90. The topological polar surface area (TPSA) is 49.3 Å². The van der Waals surface area contributed by atoms with Gasteiger partial charge in [0.2, 0.25) is 0 Å². The number of guanidine groups is 1. The summed E-state index contributed by atoms with van der Waals surface area (Å²) in [6.45, 7) is 1.53. The predicted molar refractivity (Wildman–Crippen MR) is 108 cm³/mol. The van der Waals surface area contributed by atoms with Crippen molar-refractivity contribution in [3.63, 3.8) is 0 Å². The zero-order chi connectivity index (χ0) is 15.6. The molecule has 0 spiro atoms.